The minimum absolute atomic E-state index is 0.0604. The maximum atomic E-state index is 12.7. The van der Waals surface area contributed by atoms with Crippen molar-refractivity contribution >= 4 is 22.5 Å². The second kappa shape index (κ2) is 6.08. The summed E-state index contributed by atoms with van der Waals surface area (Å²) in [4.78, 5) is 4.43. The van der Waals surface area contributed by atoms with E-state index in [0.717, 1.165) is 18.4 Å². The molecule has 1 saturated carbocycles. The Bertz CT molecular complexity index is 758. The van der Waals surface area contributed by atoms with Crippen molar-refractivity contribution in [1.82, 2.24) is 9.55 Å². The second-order valence-corrected chi connectivity index (χ2v) is 8.18. The molecule has 0 radical (unpaired) electrons. The Morgan fingerprint density at radius 3 is 2.41 bits per heavy atom. The SMILES string of the molecule is Cc1ccc(S(=O)(=O)c2ncn(C3CCCCC3)c2S)cc1. The van der Waals surface area contributed by atoms with Crippen LogP contribution in [0, 0.1) is 6.92 Å². The monoisotopic (exact) mass is 336 g/mol. The third kappa shape index (κ3) is 2.82. The van der Waals surface area contributed by atoms with E-state index in [0.29, 0.717) is 11.1 Å². The third-order valence-corrected chi connectivity index (χ3v) is 6.58. The Balaban J connectivity index is 1.98. The van der Waals surface area contributed by atoms with Gasteiger partial charge in [0, 0.05) is 6.04 Å². The van der Waals surface area contributed by atoms with Crippen molar-refractivity contribution in [3.05, 3.63) is 36.2 Å². The molecule has 0 spiro atoms. The number of aromatic nitrogens is 2. The Morgan fingerprint density at radius 2 is 1.77 bits per heavy atom. The maximum Gasteiger partial charge on any atom is 0.226 e. The van der Waals surface area contributed by atoms with Crippen molar-refractivity contribution in [3.63, 3.8) is 0 Å². The van der Waals surface area contributed by atoms with E-state index in [2.05, 4.69) is 17.6 Å². The highest BCUT2D eigenvalue weighted by molar-refractivity contribution is 7.92. The molecule has 1 aromatic carbocycles. The molecule has 0 unspecified atom stereocenters. The molecule has 1 fully saturated rings. The van der Waals surface area contributed by atoms with Crippen molar-refractivity contribution in [2.24, 2.45) is 0 Å². The Morgan fingerprint density at radius 1 is 1.14 bits per heavy atom. The maximum absolute atomic E-state index is 12.7. The number of aryl methyl sites for hydroxylation is 1. The van der Waals surface area contributed by atoms with Gasteiger partial charge in [0.2, 0.25) is 9.84 Å². The second-order valence-electron chi connectivity index (χ2n) is 5.89. The van der Waals surface area contributed by atoms with Gasteiger partial charge in [-0.05, 0) is 31.9 Å². The van der Waals surface area contributed by atoms with Gasteiger partial charge in [0.25, 0.3) is 0 Å². The number of hydrogen-bond acceptors (Lipinski definition) is 4. The zero-order valence-corrected chi connectivity index (χ0v) is 14.3. The summed E-state index contributed by atoms with van der Waals surface area (Å²) in [5.74, 6) is 0. The number of sulfone groups is 1. The van der Waals surface area contributed by atoms with Crippen LogP contribution in [-0.2, 0) is 9.84 Å². The third-order valence-electron chi connectivity index (χ3n) is 4.29. The van der Waals surface area contributed by atoms with Crippen LogP contribution in [0.2, 0.25) is 0 Å². The van der Waals surface area contributed by atoms with Crippen LogP contribution in [0.1, 0.15) is 43.7 Å². The summed E-state index contributed by atoms with van der Waals surface area (Å²) in [6, 6.07) is 7.15. The molecule has 1 aromatic heterocycles. The van der Waals surface area contributed by atoms with E-state index in [1.54, 1.807) is 30.6 Å². The van der Waals surface area contributed by atoms with E-state index in [1.807, 2.05) is 11.5 Å². The van der Waals surface area contributed by atoms with E-state index < -0.39 is 9.84 Å². The average molecular weight is 336 g/mol. The number of hydrogen-bond donors (Lipinski definition) is 1. The van der Waals surface area contributed by atoms with Crippen molar-refractivity contribution in [2.45, 2.75) is 60.0 Å². The van der Waals surface area contributed by atoms with Crippen molar-refractivity contribution < 1.29 is 8.42 Å². The summed E-state index contributed by atoms with van der Waals surface area (Å²) in [7, 11) is -3.61. The molecule has 4 nitrogen and oxygen atoms in total. The van der Waals surface area contributed by atoms with Gasteiger partial charge in [-0.2, -0.15) is 0 Å². The summed E-state index contributed by atoms with van der Waals surface area (Å²) in [5.41, 5.74) is 1.03. The zero-order chi connectivity index (χ0) is 15.7. The van der Waals surface area contributed by atoms with Gasteiger partial charge in [0.15, 0.2) is 5.03 Å². The molecular formula is C16H20N2O2S2. The van der Waals surface area contributed by atoms with Gasteiger partial charge in [-0.25, -0.2) is 13.4 Å². The first-order chi connectivity index (χ1) is 10.5. The molecule has 1 heterocycles. The summed E-state index contributed by atoms with van der Waals surface area (Å²) in [6.45, 7) is 1.93. The number of imidazole rings is 1. The highest BCUT2D eigenvalue weighted by Crippen LogP contribution is 2.33. The van der Waals surface area contributed by atoms with Crippen LogP contribution < -0.4 is 0 Å². The number of nitrogens with zero attached hydrogens (tertiary/aromatic N) is 2. The minimum atomic E-state index is -3.61. The first-order valence-corrected chi connectivity index (χ1v) is 9.51. The lowest BCUT2D eigenvalue weighted by Gasteiger charge is -2.23. The van der Waals surface area contributed by atoms with Gasteiger partial charge in [0.1, 0.15) is 5.03 Å². The Labute approximate surface area is 136 Å². The molecule has 118 valence electrons. The van der Waals surface area contributed by atoms with Gasteiger partial charge >= 0.3 is 0 Å². The fourth-order valence-corrected chi connectivity index (χ4v) is 4.87. The summed E-state index contributed by atoms with van der Waals surface area (Å²) in [6.07, 6.45) is 7.36. The van der Waals surface area contributed by atoms with Crippen molar-refractivity contribution in [2.75, 3.05) is 0 Å². The van der Waals surface area contributed by atoms with Crippen LogP contribution in [0.3, 0.4) is 0 Å². The highest BCUT2D eigenvalue weighted by Gasteiger charge is 2.27. The number of rotatable bonds is 3. The van der Waals surface area contributed by atoms with Crippen LogP contribution >= 0.6 is 12.6 Å². The minimum Gasteiger partial charge on any atom is -0.322 e. The number of benzene rings is 1. The quantitative estimate of drug-likeness (QED) is 0.867. The molecule has 0 aliphatic heterocycles. The molecule has 22 heavy (non-hydrogen) atoms. The smallest absolute Gasteiger partial charge is 0.226 e. The standard InChI is InChI=1S/C16H20N2O2S2/c1-12-7-9-14(10-8-12)22(19,20)15-16(21)18(11-17-15)13-5-3-2-4-6-13/h7-11,13,21H,2-6H2,1H3. The molecule has 3 rings (SSSR count). The molecule has 0 bridgehead atoms. The lowest BCUT2D eigenvalue weighted by Crippen LogP contribution is -2.13. The van der Waals surface area contributed by atoms with Crippen LogP contribution in [0.4, 0.5) is 0 Å². The van der Waals surface area contributed by atoms with E-state index >= 15 is 0 Å². The zero-order valence-electron chi connectivity index (χ0n) is 12.6. The van der Waals surface area contributed by atoms with E-state index in [4.69, 9.17) is 0 Å². The van der Waals surface area contributed by atoms with E-state index in [1.165, 1.54) is 19.3 Å². The van der Waals surface area contributed by atoms with Crippen LogP contribution in [0.15, 0.2) is 45.5 Å². The molecule has 0 saturated heterocycles. The first kappa shape index (κ1) is 15.6. The normalized spacial score (nSPS) is 16.8. The van der Waals surface area contributed by atoms with Crippen LogP contribution in [0.5, 0.6) is 0 Å². The van der Waals surface area contributed by atoms with Crippen molar-refractivity contribution in [3.8, 4) is 0 Å². The first-order valence-electron chi connectivity index (χ1n) is 7.57. The molecule has 2 aromatic rings. The lowest BCUT2D eigenvalue weighted by atomic mass is 9.95. The summed E-state index contributed by atoms with van der Waals surface area (Å²) in [5, 5.41) is 0.512. The van der Waals surface area contributed by atoms with Crippen molar-refractivity contribution in [1.29, 1.82) is 0 Å². The topological polar surface area (TPSA) is 52.0 Å². The Hall–Kier alpha value is -1.27. The summed E-state index contributed by atoms with van der Waals surface area (Å²) < 4.78 is 27.4. The van der Waals surface area contributed by atoms with Gasteiger partial charge < -0.3 is 4.57 Å². The molecule has 6 heteroatoms. The molecule has 0 N–H and O–H groups in total. The molecule has 0 atom stereocenters. The average Bonchev–Trinajstić information content (AvgIpc) is 2.91. The van der Waals surface area contributed by atoms with Crippen LogP contribution in [-0.4, -0.2) is 18.0 Å². The fourth-order valence-electron chi connectivity index (χ4n) is 2.98. The Kier molecular flexibility index (Phi) is 4.32. The molecule has 0 amide bonds. The fraction of sp³-hybridized carbons (Fsp3) is 0.438. The van der Waals surface area contributed by atoms with Gasteiger partial charge in [-0.3, -0.25) is 0 Å². The predicted molar refractivity (Wildman–Crippen MR) is 88.2 cm³/mol. The predicted octanol–water partition coefficient (Wildman–Crippen LogP) is 3.82. The highest BCUT2D eigenvalue weighted by atomic mass is 32.2. The molecular weight excluding hydrogens is 316 g/mol. The van der Waals surface area contributed by atoms with Gasteiger partial charge in [-0.15, -0.1) is 12.6 Å². The summed E-state index contributed by atoms with van der Waals surface area (Å²) >= 11 is 4.46. The van der Waals surface area contributed by atoms with Gasteiger partial charge in [-0.1, -0.05) is 37.0 Å². The molecule has 1 aliphatic rings. The van der Waals surface area contributed by atoms with E-state index in [9.17, 15) is 8.42 Å². The largest absolute Gasteiger partial charge is 0.322 e. The molecule has 1 aliphatic carbocycles. The van der Waals surface area contributed by atoms with Gasteiger partial charge in [0.05, 0.1) is 11.2 Å². The van der Waals surface area contributed by atoms with E-state index in [-0.39, 0.29) is 9.92 Å². The lowest BCUT2D eigenvalue weighted by molar-refractivity contribution is 0.337. The van der Waals surface area contributed by atoms with Crippen LogP contribution in [0.25, 0.3) is 0 Å². The number of thiol groups is 1.